The number of methoxy groups -OCH3 is 1. The number of benzene rings is 2. The van der Waals surface area contributed by atoms with Gasteiger partial charge in [0.25, 0.3) is 0 Å². The van der Waals surface area contributed by atoms with Crippen molar-refractivity contribution in [2.75, 3.05) is 46.6 Å². The lowest BCUT2D eigenvalue weighted by atomic mass is 10.1. The summed E-state index contributed by atoms with van der Waals surface area (Å²) in [4.78, 5) is 12.6. The van der Waals surface area contributed by atoms with Crippen LogP contribution in [0.3, 0.4) is 0 Å². The van der Waals surface area contributed by atoms with Gasteiger partial charge in [-0.15, -0.1) is 0 Å². The fraction of sp³-hybridized carbons (Fsp3) is 0.435. The molecule has 1 N–H and O–H groups in total. The van der Waals surface area contributed by atoms with E-state index >= 15 is 0 Å². The van der Waals surface area contributed by atoms with Gasteiger partial charge in [0, 0.05) is 19.5 Å². The highest BCUT2D eigenvalue weighted by molar-refractivity contribution is 7.89. The third-order valence-electron chi connectivity index (χ3n) is 5.58. The summed E-state index contributed by atoms with van der Waals surface area (Å²) in [7, 11) is -2.11. The van der Waals surface area contributed by atoms with E-state index in [1.165, 1.54) is 17.5 Å². The Morgan fingerprint density at radius 2 is 1.91 bits per heavy atom. The van der Waals surface area contributed by atoms with Gasteiger partial charge in [0.05, 0.1) is 31.8 Å². The second-order valence-electron chi connectivity index (χ2n) is 7.79. The van der Waals surface area contributed by atoms with Gasteiger partial charge in [-0.1, -0.05) is 12.1 Å². The molecule has 2 aliphatic heterocycles. The highest BCUT2D eigenvalue weighted by Crippen LogP contribution is 2.30. The molecule has 1 atom stereocenters. The van der Waals surface area contributed by atoms with Gasteiger partial charge in [0.15, 0.2) is 11.5 Å². The van der Waals surface area contributed by atoms with Crippen LogP contribution in [0, 0.1) is 0 Å². The SMILES string of the molecule is COc1ccc(S(=O)(=O)N2CCOCC2)cc1CCC(=O)NC[C@@H]1COc2ccccc2O1. The summed E-state index contributed by atoms with van der Waals surface area (Å²) in [5.41, 5.74) is 0.660. The highest BCUT2D eigenvalue weighted by atomic mass is 32.2. The molecule has 0 saturated carbocycles. The van der Waals surface area contributed by atoms with Crippen LogP contribution in [-0.2, 0) is 26.0 Å². The minimum absolute atomic E-state index is 0.166. The summed E-state index contributed by atoms with van der Waals surface area (Å²) in [5, 5.41) is 2.86. The van der Waals surface area contributed by atoms with Gasteiger partial charge in [-0.05, 0) is 42.3 Å². The van der Waals surface area contributed by atoms with E-state index in [-0.39, 0.29) is 23.3 Å². The average molecular weight is 477 g/mol. The molecule has 0 bridgehead atoms. The number of carbonyl (C=O) groups is 1. The van der Waals surface area contributed by atoms with E-state index in [1.54, 1.807) is 12.1 Å². The van der Waals surface area contributed by atoms with E-state index in [0.29, 0.717) is 68.7 Å². The molecule has 1 amide bonds. The lowest BCUT2D eigenvalue weighted by molar-refractivity contribution is -0.121. The number of nitrogens with one attached hydrogen (secondary N) is 1. The molecule has 2 aromatic rings. The van der Waals surface area contributed by atoms with E-state index in [1.807, 2.05) is 24.3 Å². The van der Waals surface area contributed by atoms with Crippen molar-refractivity contribution in [3.05, 3.63) is 48.0 Å². The summed E-state index contributed by atoms with van der Waals surface area (Å²) < 4.78 is 49.5. The maximum absolute atomic E-state index is 13.0. The topological polar surface area (TPSA) is 103 Å². The number of amides is 1. The van der Waals surface area contributed by atoms with E-state index in [4.69, 9.17) is 18.9 Å². The first-order valence-corrected chi connectivity index (χ1v) is 12.3. The van der Waals surface area contributed by atoms with Crippen molar-refractivity contribution in [2.45, 2.75) is 23.8 Å². The number of sulfonamides is 1. The fourth-order valence-corrected chi connectivity index (χ4v) is 5.23. The van der Waals surface area contributed by atoms with Crippen molar-refractivity contribution in [2.24, 2.45) is 0 Å². The first-order valence-electron chi connectivity index (χ1n) is 10.9. The maximum atomic E-state index is 13.0. The van der Waals surface area contributed by atoms with E-state index < -0.39 is 10.0 Å². The van der Waals surface area contributed by atoms with Crippen molar-refractivity contribution in [3.8, 4) is 17.2 Å². The lowest BCUT2D eigenvalue weighted by Gasteiger charge is -2.26. The maximum Gasteiger partial charge on any atom is 0.243 e. The van der Waals surface area contributed by atoms with Crippen molar-refractivity contribution in [1.82, 2.24) is 9.62 Å². The van der Waals surface area contributed by atoms with Gasteiger partial charge in [-0.3, -0.25) is 4.79 Å². The van der Waals surface area contributed by atoms with E-state index in [2.05, 4.69) is 5.32 Å². The van der Waals surface area contributed by atoms with Crippen LogP contribution < -0.4 is 19.5 Å². The molecule has 0 unspecified atom stereocenters. The number of carbonyl (C=O) groups excluding carboxylic acids is 1. The molecule has 2 aliphatic rings. The Balaban J connectivity index is 1.34. The van der Waals surface area contributed by atoms with Gasteiger partial charge < -0.3 is 24.3 Å². The Kier molecular flexibility index (Phi) is 7.36. The second-order valence-corrected chi connectivity index (χ2v) is 9.73. The summed E-state index contributed by atoms with van der Waals surface area (Å²) >= 11 is 0. The predicted octanol–water partition coefficient (Wildman–Crippen LogP) is 1.60. The Hall–Kier alpha value is -2.82. The van der Waals surface area contributed by atoms with Gasteiger partial charge in [-0.2, -0.15) is 4.31 Å². The zero-order chi connectivity index (χ0) is 23.3. The van der Waals surface area contributed by atoms with E-state index in [9.17, 15) is 13.2 Å². The minimum Gasteiger partial charge on any atom is -0.496 e. The molecular weight excluding hydrogens is 448 g/mol. The number of ether oxygens (including phenoxy) is 4. The van der Waals surface area contributed by atoms with E-state index in [0.717, 1.165) is 0 Å². The summed E-state index contributed by atoms with van der Waals surface area (Å²) in [6.07, 6.45) is 0.244. The highest BCUT2D eigenvalue weighted by Gasteiger charge is 2.27. The zero-order valence-electron chi connectivity index (χ0n) is 18.5. The number of para-hydroxylation sites is 2. The molecule has 2 heterocycles. The molecule has 10 heteroatoms. The third kappa shape index (κ3) is 5.58. The average Bonchev–Trinajstić information content (AvgIpc) is 2.86. The van der Waals surface area contributed by atoms with Gasteiger partial charge >= 0.3 is 0 Å². The Morgan fingerprint density at radius 1 is 1.15 bits per heavy atom. The lowest BCUT2D eigenvalue weighted by Crippen LogP contribution is -2.40. The Morgan fingerprint density at radius 3 is 2.67 bits per heavy atom. The molecule has 1 fully saturated rings. The number of rotatable bonds is 8. The van der Waals surface area contributed by atoms with Gasteiger partial charge in [-0.25, -0.2) is 8.42 Å². The van der Waals surface area contributed by atoms with Crippen LogP contribution in [0.25, 0.3) is 0 Å². The predicted molar refractivity (Wildman–Crippen MR) is 120 cm³/mol. The Bertz CT molecular complexity index is 1080. The van der Waals surface area contributed by atoms with Crippen LogP contribution in [0.15, 0.2) is 47.4 Å². The molecule has 0 spiro atoms. The van der Waals surface area contributed by atoms with Crippen LogP contribution in [-0.4, -0.2) is 71.3 Å². The molecule has 1 saturated heterocycles. The van der Waals surface area contributed by atoms with Gasteiger partial charge in [0.2, 0.25) is 15.9 Å². The number of hydrogen-bond acceptors (Lipinski definition) is 7. The van der Waals surface area contributed by atoms with Crippen molar-refractivity contribution in [1.29, 1.82) is 0 Å². The molecule has 4 rings (SSSR count). The molecule has 33 heavy (non-hydrogen) atoms. The van der Waals surface area contributed by atoms with Crippen LogP contribution in [0.4, 0.5) is 0 Å². The first-order chi connectivity index (χ1) is 16.0. The monoisotopic (exact) mass is 476 g/mol. The number of hydrogen-bond donors (Lipinski definition) is 1. The molecule has 178 valence electrons. The van der Waals surface area contributed by atoms with Crippen LogP contribution in [0.5, 0.6) is 17.2 Å². The number of fused-ring (bicyclic) bond motifs is 1. The standard InChI is InChI=1S/C23H28N2O7S/c1-29-20-8-7-19(33(27,28)25-10-12-30-13-11-25)14-17(20)6-9-23(26)24-15-18-16-31-21-4-2-3-5-22(21)32-18/h2-5,7-8,14,18H,6,9-13,15-16H2,1H3,(H,24,26)/t18-/m1/s1. The van der Waals surface area contributed by atoms with Gasteiger partial charge in [0.1, 0.15) is 18.5 Å². The second kappa shape index (κ2) is 10.4. The fourth-order valence-electron chi connectivity index (χ4n) is 3.77. The van der Waals surface area contributed by atoms with Crippen molar-refractivity contribution < 1.29 is 32.2 Å². The molecular formula is C23H28N2O7S. The minimum atomic E-state index is -3.63. The largest absolute Gasteiger partial charge is 0.496 e. The van der Waals surface area contributed by atoms with Crippen molar-refractivity contribution >= 4 is 15.9 Å². The summed E-state index contributed by atoms with van der Waals surface area (Å²) in [5.74, 6) is 1.73. The normalized spacial score (nSPS) is 18.5. The summed E-state index contributed by atoms with van der Waals surface area (Å²) in [6, 6.07) is 12.2. The van der Waals surface area contributed by atoms with Crippen LogP contribution in [0.1, 0.15) is 12.0 Å². The molecule has 0 aromatic heterocycles. The quantitative estimate of drug-likeness (QED) is 0.617. The molecule has 0 aliphatic carbocycles. The first kappa shape index (κ1) is 23.3. The zero-order valence-corrected chi connectivity index (χ0v) is 19.3. The number of nitrogens with zero attached hydrogens (tertiary/aromatic N) is 1. The van der Waals surface area contributed by atoms with Crippen LogP contribution in [0.2, 0.25) is 0 Å². The van der Waals surface area contributed by atoms with Crippen molar-refractivity contribution in [3.63, 3.8) is 0 Å². The summed E-state index contributed by atoms with van der Waals surface area (Å²) in [6.45, 7) is 2.07. The van der Waals surface area contributed by atoms with Crippen LogP contribution >= 0.6 is 0 Å². The molecule has 2 aromatic carbocycles. The smallest absolute Gasteiger partial charge is 0.243 e. The molecule has 0 radical (unpaired) electrons. The Labute approximate surface area is 193 Å². The number of morpholine rings is 1. The third-order valence-corrected chi connectivity index (χ3v) is 7.47. The number of aryl methyl sites for hydroxylation is 1. The molecule has 9 nitrogen and oxygen atoms in total.